The van der Waals surface area contributed by atoms with Crippen molar-refractivity contribution < 1.29 is 9.59 Å². The van der Waals surface area contributed by atoms with Crippen LogP contribution in [-0.4, -0.2) is 27.8 Å². The van der Waals surface area contributed by atoms with Crippen LogP contribution in [0.2, 0.25) is 0 Å². The third kappa shape index (κ3) is 5.04. The first-order valence-corrected chi connectivity index (χ1v) is 7.72. The van der Waals surface area contributed by atoms with Gasteiger partial charge in [0, 0.05) is 18.3 Å². The normalized spacial score (nSPS) is 10.1. The summed E-state index contributed by atoms with van der Waals surface area (Å²) in [6.45, 7) is 1.44. The van der Waals surface area contributed by atoms with Crippen molar-refractivity contribution in [3.8, 4) is 0 Å². The van der Waals surface area contributed by atoms with Crippen LogP contribution in [0.25, 0.3) is 0 Å². The van der Waals surface area contributed by atoms with Crippen LogP contribution >= 0.6 is 23.1 Å². The van der Waals surface area contributed by atoms with Gasteiger partial charge in [-0.1, -0.05) is 23.1 Å². The summed E-state index contributed by atoms with van der Waals surface area (Å²) in [5.74, 6) is -0.0669. The topological polar surface area (TPSA) is 110 Å². The van der Waals surface area contributed by atoms with E-state index in [0.29, 0.717) is 20.8 Å². The van der Waals surface area contributed by atoms with E-state index in [1.807, 2.05) is 0 Å². The Kier molecular flexibility index (Phi) is 5.12. The molecule has 7 nitrogen and oxygen atoms in total. The van der Waals surface area contributed by atoms with Crippen LogP contribution in [0.5, 0.6) is 0 Å². The lowest BCUT2D eigenvalue weighted by atomic mass is 10.3. The highest BCUT2D eigenvalue weighted by Gasteiger charge is 2.07. The van der Waals surface area contributed by atoms with Gasteiger partial charge in [-0.2, -0.15) is 0 Å². The van der Waals surface area contributed by atoms with Crippen molar-refractivity contribution in [3.63, 3.8) is 0 Å². The molecule has 0 unspecified atom stereocenters. The van der Waals surface area contributed by atoms with E-state index in [1.165, 1.54) is 30.0 Å². The molecule has 4 N–H and O–H groups in total. The predicted octanol–water partition coefficient (Wildman–Crippen LogP) is 1.81. The number of hydrogen-bond acceptors (Lipinski definition) is 7. The van der Waals surface area contributed by atoms with E-state index in [4.69, 9.17) is 5.73 Å². The zero-order valence-corrected chi connectivity index (χ0v) is 12.8. The molecule has 0 spiro atoms. The minimum absolute atomic E-state index is 0.139. The Morgan fingerprint density at radius 1 is 1.19 bits per heavy atom. The Hall–Kier alpha value is -2.13. The first-order valence-electron chi connectivity index (χ1n) is 5.92. The Labute approximate surface area is 129 Å². The van der Waals surface area contributed by atoms with Crippen molar-refractivity contribution in [1.82, 2.24) is 10.2 Å². The molecule has 0 aliphatic heterocycles. The Morgan fingerprint density at radius 2 is 1.81 bits per heavy atom. The molecule has 0 aliphatic rings. The van der Waals surface area contributed by atoms with Crippen molar-refractivity contribution in [1.29, 1.82) is 0 Å². The highest BCUT2D eigenvalue weighted by atomic mass is 32.2. The van der Waals surface area contributed by atoms with E-state index in [1.54, 1.807) is 24.3 Å². The maximum atomic E-state index is 11.8. The molecule has 0 aliphatic carbocycles. The third-order valence-electron chi connectivity index (χ3n) is 2.24. The second kappa shape index (κ2) is 7.04. The van der Waals surface area contributed by atoms with E-state index in [-0.39, 0.29) is 17.6 Å². The second-order valence-corrected chi connectivity index (χ2v) is 6.23. The molecule has 0 fully saturated rings. The fourth-order valence-electron chi connectivity index (χ4n) is 1.44. The van der Waals surface area contributed by atoms with E-state index in [0.717, 1.165) is 0 Å². The summed E-state index contributed by atoms with van der Waals surface area (Å²) in [5, 5.41) is 13.3. The smallest absolute Gasteiger partial charge is 0.234 e. The minimum atomic E-state index is -0.152. The third-order valence-corrected chi connectivity index (χ3v) is 4.12. The summed E-state index contributed by atoms with van der Waals surface area (Å²) in [6, 6.07) is 6.87. The van der Waals surface area contributed by atoms with Gasteiger partial charge >= 0.3 is 0 Å². The summed E-state index contributed by atoms with van der Waals surface area (Å²) in [6.07, 6.45) is 0. The first-order chi connectivity index (χ1) is 10.0. The highest BCUT2D eigenvalue weighted by molar-refractivity contribution is 8.01. The van der Waals surface area contributed by atoms with Crippen LogP contribution in [0.15, 0.2) is 28.6 Å². The van der Waals surface area contributed by atoms with Crippen LogP contribution in [0.3, 0.4) is 0 Å². The molecule has 0 radical (unpaired) electrons. The van der Waals surface area contributed by atoms with Gasteiger partial charge in [-0.05, 0) is 24.3 Å². The molecule has 21 heavy (non-hydrogen) atoms. The van der Waals surface area contributed by atoms with Crippen LogP contribution < -0.4 is 16.4 Å². The number of nitrogens with two attached hydrogens (primary N) is 1. The Bertz CT molecular complexity index is 641. The maximum Gasteiger partial charge on any atom is 0.234 e. The molecule has 1 aromatic carbocycles. The van der Waals surface area contributed by atoms with E-state index in [2.05, 4.69) is 20.8 Å². The molecule has 0 bridgehead atoms. The van der Waals surface area contributed by atoms with Gasteiger partial charge < -0.3 is 16.4 Å². The van der Waals surface area contributed by atoms with Gasteiger partial charge in [-0.15, -0.1) is 10.2 Å². The second-order valence-electron chi connectivity index (χ2n) is 4.00. The van der Waals surface area contributed by atoms with Crippen molar-refractivity contribution in [2.75, 3.05) is 22.1 Å². The molecule has 2 rings (SSSR count). The SMILES string of the molecule is CC(=O)Nc1ccc(NC(=O)CSc2nnc(N)s2)cc1. The lowest BCUT2D eigenvalue weighted by Gasteiger charge is -2.06. The lowest BCUT2D eigenvalue weighted by molar-refractivity contribution is -0.114. The lowest BCUT2D eigenvalue weighted by Crippen LogP contribution is -2.14. The Balaban J connectivity index is 1.83. The molecule has 9 heteroatoms. The van der Waals surface area contributed by atoms with Gasteiger partial charge in [0.1, 0.15) is 0 Å². The number of nitrogen functional groups attached to an aromatic ring is 1. The quantitative estimate of drug-likeness (QED) is 0.724. The molecule has 2 aromatic rings. The summed E-state index contributed by atoms with van der Waals surface area (Å²) in [7, 11) is 0. The number of nitrogens with one attached hydrogen (secondary N) is 2. The highest BCUT2D eigenvalue weighted by Crippen LogP contribution is 2.23. The maximum absolute atomic E-state index is 11.8. The fraction of sp³-hybridized carbons (Fsp3) is 0.167. The standard InChI is InChI=1S/C12H13N5O2S2/c1-7(18)14-8-2-4-9(5-3-8)15-10(19)6-20-12-17-16-11(13)21-12/h2-5H,6H2,1H3,(H2,13,16)(H,14,18)(H,15,19). The monoisotopic (exact) mass is 323 g/mol. The van der Waals surface area contributed by atoms with Gasteiger partial charge in [0.15, 0.2) is 4.34 Å². The number of rotatable bonds is 5. The van der Waals surface area contributed by atoms with Crippen molar-refractivity contribution in [3.05, 3.63) is 24.3 Å². The van der Waals surface area contributed by atoms with Gasteiger partial charge in [0.05, 0.1) is 5.75 Å². The summed E-state index contributed by atoms with van der Waals surface area (Å²) in [4.78, 5) is 22.7. The molecule has 2 amide bonds. The number of anilines is 3. The summed E-state index contributed by atoms with van der Waals surface area (Å²) >= 11 is 2.52. The van der Waals surface area contributed by atoms with Crippen LogP contribution in [0, 0.1) is 0 Å². The summed E-state index contributed by atoms with van der Waals surface area (Å²) in [5.41, 5.74) is 6.80. The number of hydrogen-bond donors (Lipinski definition) is 3. The zero-order valence-electron chi connectivity index (χ0n) is 11.1. The fourth-order valence-corrected chi connectivity index (χ4v) is 2.88. The van der Waals surface area contributed by atoms with Crippen molar-refractivity contribution >= 4 is 51.4 Å². The van der Waals surface area contributed by atoms with Crippen LogP contribution in [-0.2, 0) is 9.59 Å². The molecule has 1 heterocycles. The van der Waals surface area contributed by atoms with Gasteiger partial charge in [-0.3, -0.25) is 9.59 Å². The molecular formula is C12H13N5O2S2. The summed E-state index contributed by atoms with van der Waals surface area (Å²) < 4.78 is 0.656. The van der Waals surface area contributed by atoms with Crippen molar-refractivity contribution in [2.24, 2.45) is 0 Å². The molecule has 1 aromatic heterocycles. The number of carbonyl (C=O) groups is 2. The van der Waals surface area contributed by atoms with Crippen LogP contribution in [0.4, 0.5) is 16.5 Å². The van der Waals surface area contributed by atoms with Gasteiger partial charge in [-0.25, -0.2) is 0 Å². The average molecular weight is 323 g/mol. The van der Waals surface area contributed by atoms with E-state index < -0.39 is 0 Å². The number of thioether (sulfide) groups is 1. The van der Waals surface area contributed by atoms with Gasteiger partial charge in [0.2, 0.25) is 16.9 Å². The first kappa shape index (κ1) is 15.3. The number of nitrogens with zero attached hydrogens (tertiary/aromatic N) is 2. The largest absolute Gasteiger partial charge is 0.374 e. The number of amides is 2. The number of carbonyl (C=O) groups excluding carboxylic acids is 2. The Morgan fingerprint density at radius 3 is 2.33 bits per heavy atom. The molecule has 0 saturated heterocycles. The van der Waals surface area contributed by atoms with Crippen molar-refractivity contribution in [2.45, 2.75) is 11.3 Å². The minimum Gasteiger partial charge on any atom is -0.374 e. The predicted molar refractivity (Wildman–Crippen MR) is 84.4 cm³/mol. The van der Waals surface area contributed by atoms with E-state index in [9.17, 15) is 9.59 Å². The van der Waals surface area contributed by atoms with E-state index >= 15 is 0 Å². The number of aromatic nitrogens is 2. The number of benzene rings is 1. The zero-order chi connectivity index (χ0) is 15.2. The average Bonchev–Trinajstić information content (AvgIpc) is 2.84. The van der Waals surface area contributed by atoms with Crippen LogP contribution in [0.1, 0.15) is 6.92 Å². The molecule has 0 saturated carbocycles. The van der Waals surface area contributed by atoms with Gasteiger partial charge in [0.25, 0.3) is 0 Å². The molecule has 110 valence electrons. The molecule has 0 atom stereocenters. The molecular weight excluding hydrogens is 310 g/mol.